The maximum atomic E-state index is 12.8. The van der Waals surface area contributed by atoms with E-state index in [1.165, 1.54) is 4.90 Å². The molecule has 0 saturated carbocycles. The van der Waals surface area contributed by atoms with Crippen molar-refractivity contribution in [1.29, 1.82) is 0 Å². The third-order valence-corrected chi connectivity index (χ3v) is 5.59. The SMILES string of the molecule is CCN(CC(=O)N(C)C)S(=O)(=O)c1c(N)ccc(C)c1C. The topological polar surface area (TPSA) is 83.7 Å². The van der Waals surface area contributed by atoms with Crippen molar-refractivity contribution in [1.82, 2.24) is 9.21 Å². The minimum Gasteiger partial charge on any atom is -0.398 e. The molecule has 0 atom stereocenters. The smallest absolute Gasteiger partial charge is 0.245 e. The van der Waals surface area contributed by atoms with Gasteiger partial charge >= 0.3 is 0 Å². The summed E-state index contributed by atoms with van der Waals surface area (Å²) in [6.45, 7) is 5.25. The summed E-state index contributed by atoms with van der Waals surface area (Å²) in [5, 5.41) is 0. The Hall–Kier alpha value is -1.60. The molecule has 7 heteroatoms. The van der Waals surface area contributed by atoms with E-state index in [4.69, 9.17) is 5.73 Å². The van der Waals surface area contributed by atoms with E-state index in [0.29, 0.717) is 5.56 Å². The largest absolute Gasteiger partial charge is 0.398 e. The molecular formula is C14H23N3O3S. The summed E-state index contributed by atoms with van der Waals surface area (Å²) in [6.07, 6.45) is 0. The Morgan fingerprint density at radius 2 is 1.81 bits per heavy atom. The number of hydrogen-bond donors (Lipinski definition) is 1. The van der Waals surface area contributed by atoms with Gasteiger partial charge in [0.2, 0.25) is 15.9 Å². The van der Waals surface area contributed by atoms with E-state index >= 15 is 0 Å². The monoisotopic (exact) mass is 313 g/mol. The number of nitrogen functional groups attached to an aromatic ring is 1. The number of carbonyl (C=O) groups is 1. The van der Waals surface area contributed by atoms with Gasteiger partial charge in [0.25, 0.3) is 0 Å². The van der Waals surface area contributed by atoms with E-state index in [1.54, 1.807) is 40.1 Å². The highest BCUT2D eigenvalue weighted by atomic mass is 32.2. The van der Waals surface area contributed by atoms with Gasteiger partial charge in [-0.15, -0.1) is 0 Å². The van der Waals surface area contributed by atoms with Crippen LogP contribution < -0.4 is 5.73 Å². The second-order valence-electron chi connectivity index (χ2n) is 5.15. The summed E-state index contributed by atoms with van der Waals surface area (Å²) in [6, 6.07) is 3.36. The summed E-state index contributed by atoms with van der Waals surface area (Å²) in [5.74, 6) is -0.274. The van der Waals surface area contributed by atoms with Gasteiger partial charge in [0.05, 0.1) is 12.2 Å². The van der Waals surface area contributed by atoms with Gasteiger partial charge in [-0.25, -0.2) is 8.42 Å². The van der Waals surface area contributed by atoms with Crippen LogP contribution in [0.2, 0.25) is 0 Å². The van der Waals surface area contributed by atoms with E-state index in [2.05, 4.69) is 0 Å². The van der Waals surface area contributed by atoms with Crippen molar-refractivity contribution in [2.75, 3.05) is 32.9 Å². The lowest BCUT2D eigenvalue weighted by atomic mass is 10.1. The van der Waals surface area contributed by atoms with Gasteiger partial charge in [-0.2, -0.15) is 4.31 Å². The van der Waals surface area contributed by atoms with Crippen LogP contribution in [-0.4, -0.2) is 50.7 Å². The molecule has 2 N–H and O–H groups in total. The van der Waals surface area contributed by atoms with Crippen LogP contribution in [0.15, 0.2) is 17.0 Å². The fraction of sp³-hybridized carbons (Fsp3) is 0.500. The first-order valence-electron chi connectivity index (χ1n) is 6.68. The first kappa shape index (κ1) is 17.5. The van der Waals surface area contributed by atoms with Gasteiger partial charge in [0, 0.05) is 20.6 Å². The normalized spacial score (nSPS) is 11.7. The van der Waals surface area contributed by atoms with Gasteiger partial charge in [-0.3, -0.25) is 4.79 Å². The molecule has 0 radical (unpaired) electrons. The molecule has 0 heterocycles. The van der Waals surface area contributed by atoms with Crippen LogP contribution in [0.3, 0.4) is 0 Å². The second kappa shape index (κ2) is 6.44. The maximum absolute atomic E-state index is 12.8. The zero-order chi connectivity index (χ0) is 16.4. The van der Waals surface area contributed by atoms with Crippen molar-refractivity contribution in [2.24, 2.45) is 0 Å². The minimum atomic E-state index is -3.80. The quantitative estimate of drug-likeness (QED) is 0.822. The van der Waals surface area contributed by atoms with Crippen LogP contribution in [0.5, 0.6) is 0 Å². The van der Waals surface area contributed by atoms with Gasteiger partial charge in [-0.05, 0) is 31.0 Å². The average Bonchev–Trinajstić information content (AvgIpc) is 2.39. The molecule has 1 aromatic carbocycles. The summed E-state index contributed by atoms with van der Waals surface area (Å²) >= 11 is 0. The Morgan fingerprint density at radius 1 is 1.24 bits per heavy atom. The molecule has 0 fully saturated rings. The molecule has 0 spiro atoms. The van der Waals surface area contributed by atoms with Gasteiger partial charge in [0.15, 0.2) is 0 Å². The zero-order valence-electron chi connectivity index (χ0n) is 13.2. The highest BCUT2D eigenvalue weighted by Crippen LogP contribution is 2.28. The second-order valence-corrected chi connectivity index (χ2v) is 7.02. The Bertz CT molecular complexity index is 639. The molecule has 21 heavy (non-hydrogen) atoms. The third kappa shape index (κ3) is 3.54. The van der Waals surface area contributed by atoms with Gasteiger partial charge < -0.3 is 10.6 Å². The lowest BCUT2D eigenvalue weighted by Crippen LogP contribution is -2.40. The molecule has 0 aromatic heterocycles. The number of nitrogens with two attached hydrogens (primary N) is 1. The lowest BCUT2D eigenvalue weighted by molar-refractivity contribution is -0.128. The molecule has 118 valence electrons. The number of sulfonamides is 1. The van der Waals surface area contributed by atoms with E-state index < -0.39 is 10.0 Å². The molecule has 1 rings (SSSR count). The van der Waals surface area contributed by atoms with Crippen LogP contribution in [0.1, 0.15) is 18.1 Å². The average molecular weight is 313 g/mol. The minimum absolute atomic E-state index is 0.0934. The van der Waals surface area contributed by atoms with Crippen LogP contribution >= 0.6 is 0 Å². The summed E-state index contributed by atoms with van der Waals surface area (Å²) in [5.41, 5.74) is 7.52. The molecule has 0 aliphatic heterocycles. The number of hydrogen-bond acceptors (Lipinski definition) is 4. The number of aryl methyl sites for hydroxylation is 1. The third-order valence-electron chi connectivity index (χ3n) is 3.47. The molecular weight excluding hydrogens is 290 g/mol. The van der Waals surface area contributed by atoms with Crippen molar-refractivity contribution < 1.29 is 13.2 Å². The highest BCUT2D eigenvalue weighted by Gasteiger charge is 2.29. The van der Waals surface area contributed by atoms with Crippen LogP contribution in [0.4, 0.5) is 5.69 Å². The summed E-state index contributed by atoms with van der Waals surface area (Å²) in [7, 11) is -0.618. The zero-order valence-corrected chi connectivity index (χ0v) is 14.0. The summed E-state index contributed by atoms with van der Waals surface area (Å²) < 4.78 is 26.7. The van der Waals surface area contributed by atoms with E-state index in [9.17, 15) is 13.2 Å². The van der Waals surface area contributed by atoms with E-state index in [-0.39, 0.29) is 29.6 Å². The van der Waals surface area contributed by atoms with E-state index in [1.807, 2.05) is 6.92 Å². The van der Waals surface area contributed by atoms with Crippen molar-refractivity contribution >= 4 is 21.6 Å². The first-order valence-corrected chi connectivity index (χ1v) is 8.12. The molecule has 0 aliphatic rings. The number of anilines is 1. The van der Waals surface area contributed by atoms with Gasteiger partial charge in [0.1, 0.15) is 4.90 Å². The van der Waals surface area contributed by atoms with Crippen LogP contribution in [0, 0.1) is 13.8 Å². The number of amides is 1. The predicted octanol–water partition coefficient (Wildman–Crippen LogP) is 0.984. The lowest BCUT2D eigenvalue weighted by Gasteiger charge is -2.24. The Kier molecular flexibility index (Phi) is 5.36. The Balaban J connectivity index is 3.32. The van der Waals surface area contributed by atoms with E-state index in [0.717, 1.165) is 9.87 Å². The van der Waals surface area contributed by atoms with Crippen molar-refractivity contribution in [3.05, 3.63) is 23.3 Å². The van der Waals surface area contributed by atoms with Crippen molar-refractivity contribution in [3.63, 3.8) is 0 Å². The highest BCUT2D eigenvalue weighted by molar-refractivity contribution is 7.89. The fourth-order valence-electron chi connectivity index (χ4n) is 1.94. The molecule has 1 aromatic rings. The predicted molar refractivity (Wildman–Crippen MR) is 83.5 cm³/mol. The Labute approximate surface area is 126 Å². The molecule has 0 saturated heterocycles. The van der Waals surface area contributed by atoms with Crippen LogP contribution in [0.25, 0.3) is 0 Å². The maximum Gasteiger partial charge on any atom is 0.245 e. The molecule has 0 unspecified atom stereocenters. The number of rotatable bonds is 5. The summed E-state index contributed by atoms with van der Waals surface area (Å²) in [4.78, 5) is 13.3. The standard InChI is InChI=1S/C14H23N3O3S/c1-6-17(9-13(18)16(4)5)21(19,20)14-11(3)10(2)7-8-12(14)15/h7-8H,6,9,15H2,1-5H3. The number of carbonyl (C=O) groups excluding carboxylic acids is 1. The molecule has 0 aliphatic carbocycles. The molecule has 6 nitrogen and oxygen atoms in total. The molecule has 1 amide bonds. The number of benzene rings is 1. The first-order chi connectivity index (χ1) is 9.62. The van der Waals surface area contributed by atoms with Crippen LogP contribution in [-0.2, 0) is 14.8 Å². The Morgan fingerprint density at radius 3 is 2.29 bits per heavy atom. The van der Waals surface area contributed by atoms with Crippen molar-refractivity contribution in [2.45, 2.75) is 25.7 Å². The number of likely N-dealkylation sites (N-methyl/N-ethyl adjacent to an activating group) is 2. The number of nitrogens with zero attached hydrogens (tertiary/aromatic N) is 2. The molecule has 0 bridgehead atoms. The van der Waals surface area contributed by atoms with Crippen molar-refractivity contribution in [3.8, 4) is 0 Å². The van der Waals surface area contributed by atoms with Gasteiger partial charge in [-0.1, -0.05) is 13.0 Å². The fourth-order valence-corrected chi connectivity index (χ4v) is 3.73.